The molecule has 1 saturated carbocycles. The van der Waals surface area contributed by atoms with Crippen LogP contribution in [-0.2, 0) is 7.05 Å². The van der Waals surface area contributed by atoms with Crippen LogP contribution in [0.5, 0.6) is 5.75 Å². The summed E-state index contributed by atoms with van der Waals surface area (Å²) in [7, 11) is 1.91. The predicted molar refractivity (Wildman–Crippen MR) is 74.4 cm³/mol. The molecule has 0 radical (unpaired) electrons. The molecular weight excluding hydrogens is 240 g/mol. The van der Waals surface area contributed by atoms with Crippen molar-refractivity contribution in [1.82, 2.24) is 9.88 Å². The van der Waals surface area contributed by atoms with E-state index in [2.05, 4.69) is 5.32 Å². The Morgan fingerprint density at radius 3 is 2.89 bits per heavy atom. The van der Waals surface area contributed by atoms with E-state index in [-0.39, 0.29) is 11.7 Å². The maximum atomic E-state index is 12.3. The molecule has 19 heavy (non-hydrogen) atoms. The molecule has 0 saturated heterocycles. The molecule has 0 unspecified atom stereocenters. The van der Waals surface area contributed by atoms with Gasteiger partial charge in [-0.2, -0.15) is 0 Å². The summed E-state index contributed by atoms with van der Waals surface area (Å²) >= 11 is 0. The van der Waals surface area contributed by atoms with Crippen molar-refractivity contribution in [2.75, 3.05) is 6.54 Å². The van der Waals surface area contributed by atoms with Gasteiger partial charge in [0.1, 0.15) is 5.75 Å². The summed E-state index contributed by atoms with van der Waals surface area (Å²) in [6.45, 7) is 2.70. The summed E-state index contributed by atoms with van der Waals surface area (Å²) < 4.78 is 1.95. The molecule has 1 amide bonds. The number of aromatic hydroxyl groups is 1. The molecule has 0 atom stereocenters. The minimum absolute atomic E-state index is 0.0133. The van der Waals surface area contributed by atoms with Crippen molar-refractivity contribution in [2.45, 2.75) is 19.8 Å². The van der Waals surface area contributed by atoms with Crippen LogP contribution in [-0.4, -0.2) is 22.1 Å². The summed E-state index contributed by atoms with van der Waals surface area (Å²) in [5, 5.41) is 13.5. The topological polar surface area (TPSA) is 54.3 Å². The Morgan fingerprint density at radius 1 is 1.47 bits per heavy atom. The van der Waals surface area contributed by atoms with E-state index < -0.39 is 0 Å². The number of hydrogen-bond donors (Lipinski definition) is 2. The molecule has 0 bridgehead atoms. The summed E-state index contributed by atoms with van der Waals surface area (Å²) in [6.07, 6.45) is 2.45. The zero-order valence-corrected chi connectivity index (χ0v) is 11.2. The van der Waals surface area contributed by atoms with E-state index in [1.807, 2.05) is 24.6 Å². The number of aromatic nitrogens is 1. The van der Waals surface area contributed by atoms with E-state index in [9.17, 15) is 9.90 Å². The van der Waals surface area contributed by atoms with Crippen molar-refractivity contribution >= 4 is 16.8 Å². The Morgan fingerprint density at radius 2 is 2.21 bits per heavy atom. The molecule has 1 aromatic carbocycles. The van der Waals surface area contributed by atoms with Crippen LogP contribution in [0.3, 0.4) is 0 Å². The van der Waals surface area contributed by atoms with E-state index in [0.29, 0.717) is 5.92 Å². The monoisotopic (exact) mass is 258 g/mol. The van der Waals surface area contributed by atoms with Crippen molar-refractivity contribution in [3.63, 3.8) is 0 Å². The highest BCUT2D eigenvalue weighted by atomic mass is 16.3. The first-order valence-corrected chi connectivity index (χ1v) is 6.64. The number of hydrogen-bond acceptors (Lipinski definition) is 2. The molecule has 2 N–H and O–H groups in total. The number of nitrogens with one attached hydrogen (secondary N) is 1. The van der Waals surface area contributed by atoms with Crippen molar-refractivity contribution < 1.29 is 9.90 Å². The fourth-order valence-electron chi connectivity index (χ4n) is 2.49. The van der Waals surface area contributed by atoms with E-state index >= 15 is 0 Å². The lowest BCUT2D eigenvalue weighted by Gasteiger charge is -2.04. The minimum atomic E-state index is -0.0133. The van der Waals surface area contributed by atoms with Gasteiger partial charge in [0.05, 0.1) is 11.1 Å². The third kappa shape index (κ3) is 2.07. The van der Waals surface area contributed by atoms with Crippen LogP contribution >= 0.6 is 0 Å². The van der Waals surface area contributed by atoms with Crippen LogP contribution in [0.2, 0.25) is 0 Å². The van der Waals surface area contributed by atoms with Gasteiger partial charge in [-0.05, 0) is 37.8 Å². The highest BCUT2D eigenvalue weighted by Crippen LogP contribution is 2.29. The SMILES string of the molecule is Cc1c(C(=O)NCC2CC2)c2ccc(O)cc2n1C. The Kier molecular flexibility index (Phi) is 2.73. The van der Waals surface area contributed by atoms with E-state index in [0.717, 1.165) is 28.7 Å². The molecule has 1 aliphatic carbocycles. The van der Waals surface area contributed by atoms with Gasteiger partial charge in [-0.1, -0.05) is 0 Å². The second-order valence-corrected chi connectivity index (χ2v) is 5.37. The molecule has 100 valence electrons. The number of rotatable bonds is 3. The van der Waals surface area contributed by atoms with E-state index in [1.54, 1.807) is 12.1 Å². The second kappa shape index (κ2) is 4.30. The van der Waals surface area contributed by atoms with Gasteiger partial charge in [0.15, 0.2) is 0 Å². The number of amides is 1. The number of phenolic OH excluding ortho intramolecular Hbond substituents is 1. The van der Waals surface area contributed by atoms with Gasteiger partial charge < -0.3 is 15.0 Å². The largest absolute Gasteiger partial charge is 0.508 e. The van der Waals surface area contributed by atoms with Crippen LogP contribution in [0, 0.1) is 12.8 Å². The average molecular weight is 258 g/mol. The number of carbonyl (C=O) groups is 1. The van der Waals surface area contributed by atoms with Gasteiger partial charge in [0.25, 0.3) is 5.91 Å². The minimum Gasteiger partial charge on any atom is -0.508 e. The Bertz CT molecular complexity index is 654. The van der Waals surface area contributed by atoms with Crippen LogP contribution in [0.25, 0.3) is 10.9 Å². The quantitative estimate of drug-likeness (QED) is 0.887. The van der Waals surface area contributed by atoms with Crippen molar-refractivity contribution in [3.05, 3.63) is 29.5 Å². The highest BCUT2D eigenvalue weighted by Gasteiger charge is 2.24. The van der Waals surface area contributed by atoms with Gasteiger partial charge in [0.2, 0.25) is 0 Å². The number of phenols is 1. The second-order valence-electron chi connectivity index (χ2n) is 5.37. The molecule has 1 fully saturated rings. The molecule has 3 rings (SSSR count). The summed E-state index contributed by atoms with van der Waals surface area (Å²) in [5.74, 6) is 0.877. The van der Waals surface area contributed by atoms with Gasteiger partial charge in [-0.15, -0.1) is 0 Å². The van der Waals surface area contributed by atoms with E-state index in [1.165, 1.54) is 12.8 Å². The molecule has 4 nitrogen and oxygen atoms in total. The predicted octanol–water partition coefficient (Wildman–Crippen LogP) is 2.33. The zero-order valence-electron chi connectivity index (χ0n) is 11.2. The number of benzene rings is 1. The summed E-state index contributed by atoms with van der Waals surface area (Å²) in [5.41, 5.74) is 2.53. The Balaban J connectivity index is 2.01. The molecule has 1 aromatic heterocycles. The fourth-order valence-corrected chi connectivity index (χ4v) is 2.49. The molecular formula is C15H18N2O2. The third-order valence-electron chi connectivity index (χ3n) is 3.95. The molecule has 0 aliphatic heterocycles. The van der Waals surface area contributed by atoms with Crippen LogP contribution in [0.15, 0.2) is 18.2 Å². The summed E-state index contributed by atoms with van der Waals surface area (Å²) in [6, 6.07) is 5.13. The van der Waals surface area contributed by atoms with Crippen LogP contribution in [0.1, 0.15) is 28.9 Å². The lowest BCUT2D eigenvalue weighted by atomic mass is 10.1. The van der Waals surface area contributed by atoms with Gasteiger partial charge in [-0.25, -0.2) is 0 Å². The first kappa shape index (κ1) is 12.1. The van der Waals surface area contributed by atoms with Gasteiger partial charge in [-0.3, -0.25) is 4.79 Å². The Labute approximate surface area is 112 Å². The fraction of sp³-hybridized carbons (Fsp3) is 0.400. The number of fused-ring (bicyclic) bond motifs is 1. The number of aryl methyl sites for hydroxylation is 1. The van der Waals surface area contributed by atoms with Crippen molar-refractivity contribution in [1.29, 1.82) is 0 Å². The lowest BCUT2D eigenvalue weighted by molar-refractivity contribution is 0.0952. The molecule has 4 heteroatoms. The highest BCUT2D eigenvalue weighted by molar-refractivity contribution is 6.08. The van der Waals surface area contributed by atoms with E-state index in [4.69, 9.17) is 0 Å². The molecule has 1 aliphatic rings. The molecule has 0 spiro atoms. The first-order valence-electron chi connectivity index (χ1n) is 6.64. The van der Waals surface area contributed by atoms with Crippen molar-refractivity contribution in [2.24, 2.45) is 13.0 Å². The number of carbonyl (C=O) groups excluding carboxylic acids is 1. The molecule has 2 aromatic rings. The van der Waals surface area contributed by atoms with Crippen LogP contribution < -0.4 is 5.32 Å². The maximum Gasteiger partial charge on any atom is 0.253 e. The maximum absolute atomic E-state index is 12.3. The smallest absolute Gasteiger partial charge is 0.253 e. The normalized spacial score (nSPS) is 14.8. The third-order valence-corrected chi connectivity index (χ3v) is 3.95. The van der Waals surface area contributed by atoms with Gasteiger partial charge in [0, 0.05) is 30.7 Å². The zero-order chi connectivity index (χ0) is 13.6. The standard InChI is InChI=1S/C15H18N2O2/c1-9-14(15(19)16-8-10-3-4-10)12-6-5-11(18)7-13(12)17(9)2/h5-7,10,18H,3-4,8H2,1-2H3,(H,16,19). The van der Waals surface area contributed by atoms with Crippen LogP contribution in [0.4, 0.5) is 0 Å². The number of nitrogens with zero attached hydrogens (tertiary/aromatic N) is 1. The van der Waals surface area contributed by atoms with Gasteiger partial charge >= 0.3 is 0 Å². The lowest BCUT2D eigenvalue weighted by Crippen LogP contribution is -2.26. The molecule has 1 heterocycles. The Hall–Kier alpha value is -1.97. The van der Waals surface area contributed by atoms with Crippen molar-refractivity contribution in [3.8, 4) is 5.75 Å². The summed E-state index contributed by atoms with van der Waals surface area (Å²) in [4.78, 5) is 12.3. The first-order chi connectivity index (χ1) is 9.08. The average Bonchev–Trinajstić information content (AvgIpc) is 3.17.